The van der Waals surface area contributed by atoms with Crippen LogP contribution in [0.1, 0.15) is 25.0 Å². The van der Waals surface area contributed by atoms with Gasteiger partial charge in [-0.3, -0.25) is 4.79 Å². The topological polar surface area (TPSA) is 84.5 Å². The van der Waals surface area contributed by atoms with Crippen LogP contribution in [-0.2, 0) is 11.3 Å². The van der Waals surface area contributed by atoms with Crippen molar-refractivity contribution in [2.24, 2.45) is 10.2 Å². The summed E-state index contributed by atoms with van der Waals surface area (Å²) in [5.74, 6) is 3.31. The summed E-state index contributed by atoms with van der Waals surface area (Å²) in [5, 5.41) is 11.2. The van der Waals surface area contributed by atoms with E-state index in [0.29, 0.717) is 19.4 Å². The minimum Gasteiger partial charge on any atom is -0.354 e. The number of fused-ring (bicyclic) bond motifs is 1. The zero-order chi connectivity index (χ0) is 19.6. The van der Waals surface area contributed by atoms with E-state index in [1.807, 2.05) is 35.8 Å². The summed E-state index contributed by atoms with van der Waals surface area (Å²) in [6, 6.07) is 7.83. The Morgan fingerprint density at radius 2 is 2.14 bits per heavy atom. The predicted molar refractivity (Wildman–Crippen MR) is 109 cm³/mol. The molecule has 1 amide bonds. The predicted octanol–water partition coefficient (Wildman–Crippen LogP) is 3.55. The smallest absolute Gasteiger partial charge is 0.240 e. The SMILES string of the molecule is C#CCCC1(CCNC(=O)Cn2c(-c3scnc3C)nc3ccccc32)N=N1. The van der Waals surface area contributed by atoms with Gasteiger partial charge in [0.05, 0.1) is 27.1 Å². The second-order valence-corrected chi connectivity index (χ2v) is 7.62. The molecule has 8 heteroatoms. The lowest BCUT2D eigenvalue weighted by atomic mass is 10.0. The summed E-state index contributed by atoms with van der Waals surface area (Å²) in [5.41, 5.74) is 4.12. The first-order valence-corrected chi connectivity index (χ1v) is 10.00. The van der Waals surface area contributed by atoms with Gasteiger partial charge in [-0.15, -0.1) is 23.7 Å². The molecule has 1 N–H and O–H groups in total. The van der Waals surface area contributed by atoms with Crippen LogP contribution >= 0.6 is 11.3 Å². The summed E-state index contributed by atoms with van der Waals surface area (Å²) in [6.07, 6.45) is 7.36. The van der Waals surface area contributed by atoms with Crippen molar-refractivity contribution in [1.29, 1.82) is 0 Å². The molecular formula is C20H20N6OS. The van der Waals surface area contributed by atoms with Crippen LogP contribution in [-0.4, -0.2) is 32.6 Å². The fourth-order valence-electron chi connectivity index (χ4n) is 3.20. The molecule has 0 radical (unpaired) electrons. The highest BCUT2D eigenvalue weighted by Gasteiger charge is 2.38. The molecule has 0 fully saturated rings. The number of nitrogens with zero attached hydrogens (tertiary/aromatic N) is 5. The van der Waals surface area contributed by atoms with Gasteiger partial charge >= 0.3 is 0 Å². The van der Waals surface area contributed by atoms with Gasteiger partial charge in [-0.1, -0.05) is 12.1 Å². The number of nitrogens with one attached hydrogen (secondary N) is 1. The lowest BCUT2D eigenvalue weighted by molar-refractivity contribution is -0.121. The van der Waals surface area contributed by atoms with E-state index in [1.54, 1.807) is 5.51 Å². The number of thiazole rings is 1. The van der Waals surface area contributed by atoms with Crippen LogP contribution in [0, 0.1) is 19.3 Å². The van der Waals surface area contributed by atoms with E-state index in [9.17, 15) is 4.79 Å². The van der Waals surface area contributed by atoms with Crippen LogP contribution in [0.4, 0.5) is 0 Å². The van der Waals surface area contributed by atoms with Gasteiger partial charge < -0.3 is 9.88 Å². The van der Waals surface area contributed by atoms with Gasteiger partial charge in [-0.05, 0) is 19.1 Å². The number of carbonyl (C=O) groups is 1. The molecule has 3 heterocycles. The molecule has 0 atom stereocenters. The number of hydrogen-bond donors (Lipinski definition) is 1. The van der Waals surface area contributed by atoms with Gasteiger partial charge in [0.1, 0.15) is 6.54 Å². The molecule has 1 aliphatic rings. The number of carbonyl (C=O) groups excluding carboxylic acids is 1. The van der Waals surface area contributed by atoms with E-state index >= 15 is 0 Å². The van der Waals surface area contributed by atoms with Crippen molar-refractivity contribution in [3.8, 4) is 23.0 Å². The van der Waals surface area contributed by atoms with Crippen molar-refractivity contribution < 1.29 is 4.79 Å². The largest absolute Gasteiger partial charge is 0.354 e. The first-order valence-electron chi connectivity index (χ1n) is 9.12. The monoisotopic (exact) mass is 392 g/mol. The molecule has 0 saturated carbocycles. The van der Waals surface area contributed by atoms with Crippen LogP contribution in [0.5, 0.6) is 0 Å². The Morgan fingerprint density at radius 1 is 1.32 bits per heavy atom. The maximum atomic E-state index is 12.6. The summed E-state index contributed by atoms with van der Waals surface area (Å²) in [4.78, 5) is 22.7. The molecule has 2 aromatic heterocycles. The molecule has 7 nitrogen and oxygen atoms in total. The summed E-state index contributed by atoms with van der Waals surface area (Å²) >= 11 is 1.53. The van der Waals surface area contributed by atoms with E-state index < -0.39 is 0 Å². The van der Waals surface area contributed by atoms with Gasteiger partial charge in [-0.2, -0.15) is 10.2 Å². The third-order valence-corrected chi connectivity index (χ3v) is 5.73. The molecule has 0 bridgehead atoms. The highest BCUT2D eigenvalue weighted by molar-refractivity contribution is 7.13. The minimum atomic E-state index is -0.383. The summed E-state index contributed by atoms with van der Waals surface area (Å²) in [7, 11) is 0. The van der Waals surface area contributed by atoms with Crippen LogP contribution < -0.4 is 5.32 Å². The van der Waals surface area contributed by atoms with Crippen molar-refractivity contribution in [3.63, 3.8) is 0 Å². The minimum absolute atomic E-state index is 0.0701. The average Bonchev–Trinajstić information content (AvgIpc) is 3.19. The molecular weight excluding hydrogens is 372 g/mol. The number of rotatable bonds is 8. The van der Waals surface area contributed by atoms with Crippen LogP contribution in [0.15, 0.2) is 40.0 Å². The Labute approximate surface area is 166 Å². The Kier molecular flexibility index (Phi) is 4.92. The number of aromatic nitrogens is 3. The second kappa shape index (κ2) is 7.52. The number of aryl methyl sites for hydroxylation is 1. The Morgan fingerprint density at radius 3 is 2.86 bits per heavy atom. The van der Waals surface area contributed by atoms with Crippen LogP contribution in [0.25, 0.3) is 21.7 Å². The number of para-hydroxylation sites is 2. The summed E-state index contributed by atoms with van der Waals surface area (Å²) in [6.45, 7) is 2.66. The molecule has 0 spiro atoms. The van der Waals surface area contributed by atoms with Gasteiger partial charge in [0.15, 0.2) is 11.5 Å². The maximum Gasteiger partial charge on any atom is 0.240 e. The lowest BCUT2D eigenvalue weighted by Gasteiger charge is -2.12. The fourth-order valence-corrected chi connectivity index (χ4v) is 4.00. The van der Waals surface area contributed by atoms with E-state index in [0.717, 1.165) is 33.8 Å². The summed E-state index contributed by atoms with van der Waals surface area (Å²) < 4.78 is 1.95. The molecule has 0 saturated heterocycles. The first kappa shape index (κ1) is 18.3. The fraction of sp³-hybridized carbons (Fsp3) is 0.350. The Hall–Kier alpha value is -3.05. The van der Waals surface area contributed by atoms with E-state index in [-0.39, 0.29) is 18.1 Å². The normalized spacial score (nSPS) is 14.1. The van der Waals surface area contributed by atoms with Gasteiger partial charge in [0, 0.05) is 25.8 Å². The van der Waals surface area contributed by atoms with Crippen molar-refractivity contribution in [2.75, 3.05) is 6.54 Å². The Bertz CT molecular complexity index is 1080. The third kappa shape index (κ3) is 3.66. The van der Waals surface area contributed by atoms with E-state index in [4.69, 9.17) is 11.4 Å². The highest BCUT2D eigenvalue weighted by Crippen LogP contribution is 2.36. The van der Waals surface area contributed by atoms with Crippen molar-refractivity contribution in [3.05, 3.63) is 35.5 Å². The lowest BCUT2D eigenvalue weighted by Crippen LogP contribution is -2.31. The molecule has 4 rings (SSSR count). The average molecular weight is 392 g/mol. The molecule has 3 aromatic rings. The van der Waals surface area contributed by atoms with Crippen molar-refractivity contribution in [1.82, 2.24) is 19.9 Å². The first-order chi connectivity index (χ1) is 13.6. The van der Waals surface area contributed by atoms with Crippen LogP contribution in [0.2, 0.25) is 0 Å². The molecule has 0 unspecified atom stereocenters. The molecule has 1 aromatic carbocycles. The maximum absolute atomic E-state index is 12.6. The van der Waals surface area contributed by atoms with E-state index in [2.05, 4.69) is 26.4 Å². The Balaban J connectivity index is 1.47. The molecule has 142 valence electrons. The van der Waals surface area contributed by atoms with E-state index in [1.165, 1.54) is 11.3 Å². The number of hydrogen-bond acceptors (Lipinski definition) is 6. The standard InChI is InChI=1S/C20H20N6OS/c1-3-4-9-20(24-25-20)10-11-21-17(27)12-26-16-8-6-5-7-15(16)23-19(26)18-14(2)22-13-28-18/h1,5-8,13H,4,9-12H2,2H3,(H,21,27). The third-order valence-electron chi connectivity index (χ3n) is 4.80. The highest BCUT2D eigenvalue weighted by atomic mass is 32.1. The zero-order valence-electron chi connectivity index (χ0n) is 15.6. The quantitative estimate of drug-likeness (QED) is 0.595. The van der Waals surface area contributed by atoms with Crippen molar-refractivity contribution >= 4 is 28.3 Å². The number of terminal acetylenes is 1. The van der Waals surface area contributed by atoms with Crippen LogP contribution in [0.3, 0.4) is 0 Å². The number of benzene rings is 1. The molecule has 28 heavy (non-hydrogen) atoms. The second-order valence-electron chi connectivity index (χ2n) is 6.76. The van der Waals surface area contributed by atoms with Gasteiger partial charge in [-0.25, -0.2) is 9.97 Å². The van der Waals surface area contributed by atoms with Gasteiger partial charge in [0.2, 0.25) is 5.91 Å². The molecule has 1 aliphatic heterocycles. The van der Waals surface area contributed by atoms with Crippen molar-refractivity contribution in [2.45, 2.75) is 38.4 Å². The number of amides is 1. The zero-order valence-corrected chi connectivity index (χ0v) is 16.4. The molecule has 0 aliphatic carbocycles. The van der Waals surface area contributed by atoms with Gasteiger partial charge in [0.25, 0.3) is 0 Å². The number of imidazole rings is 1.